The third-order valence-electron chi connectivity index (χ3n) is 3.44. The van der Waals surface area contributed by atoms with Crippen molar-refractivity contribution in [2.45, 2.75) is 39.8 Å². The lowest BCUT2D eigenvalue weighted by Crippen LogP contribution is -2.06. The summed E-state index contributed by atoms with van der Waals surface area (Å²) < 4.78 is 15.4. The Bertz CT molecular complexity index is 578. The molecule has 2 aromatic rings. The molecule has 1 aromatic carbocycles. The largest absolute Gasteiger partial charge is 0.388 e. The first kappa shape index (κ1) is 13.7. The van der Waals surface area contributed by atoms with Crippen LogP contribution >= 0.6 is 0 Å². The molecule has 1 unspecified atom stereocenters. The topological polar surface area (TPSA) is 38.1 Å². The van der Waals surface area contributed by atoms with E-state index in [1.54, 1.807) is 16.8 Å². The zero-order valence-corrected chi connectivity index (χ0v) is 11.5. The molecule has 0 radical (unpaired) electrons. The van der Waals surface area contributed by atoms with Crippen LogP contribution in [-0.4, -0.2) is 14.9 Å². The minimum absolute atomic E-state index is 0.229. The van der Waals surface area contributed by atoms with Crippen LogP contribution in [0.4, 0.5) is 4.39 Å². The van der Waals surface area contributed by atoms with E-state index < -0.39 is 6.10 Å². The summed E-state index contributed by atoms with van der Waals surface area (Å²) in [5.41, 5.74) is 3.17. The molecule has 1 N–H and O–H groups in total. The fourth-order valence-corrected chi connectivity index (χ4v) is 2.34. The SMILES string of the molecule is CCC(O)c1c(C)nn(Cc2ccccc2F)c1C. The number of nitrogens with zero attached hydrogens (tertiary/aromatic N) is 2. The Labute approximate surface area is 112 Å². The van der Waals surface area contributed by atoms with Gasteiger partial charge in [-0.15, -0.1) is 0 Å². The lowest BCUT2D eigenvalue weighted by molar-refractivity contribution is 0.172. The van der Waals surface area contributed by atoms with Gasteiger partial charge in [-0.3, -0.25) is 4.68 Å². The number of halogens is 1. The second kappa shape index (κ2) is 5.53. The van der Waals surface area contributed by atoms with Crippen molar-refractivity contribution < 1.29 is 9.50 Å². The summed E-state index contributed by atoms with van der Waals surface area (Å²) in [6.07, 6.45) is 0.141. The smallest absolute Gasteiger partial charge is 0.128 e. The fourth-order valence-electron chi connectivity index (χ4n) is 2.34. The number of rotatable bonds is 4. The van der Waals surface area contributed by atoms with Gasteiger partial charge in [0, 0.05) is 16.8 Å². The van der Waals surface area contributed by atoms with Crippen molar-refractivity contribution in [3.63, 3.8) is 0 Å². The molecule has 0 saturated carbocycles. The van der Waals surface area contributed by atoms with E-state index in [2.05, 4.69) is 5.10 Å². The van der Waals surface area contributed by atoms with Crippen LogP contribution in [0.25, 0.3) is 0 Å². The molecule has 1 atom stereocenters. The summed E-state index contributed by atoms with van der Waals surface area (Å²) in [4.78, 5) is 0. The van der Waals surface area contributed by atoms with Gasteiger partial charge in [0.05, 0.1) is 18.3 Å². The number of benzene rings is 1. The number of aryl methyl sites for hydroxylation is 1. The Hall–Kier alpha value is -1.68. The van der Waals surface area contributed by atoms with Crippen LogP contribution < -0.4 is 0 Å². The molecule has 3 nitrogen and oxygen atoms in total. The van der Waals surface area contributed by atoms with Gasteiger partial charge < -0.3 is 5.11 Å². The molecule has 102 valence electrons. The number of aromatic nitrogens is 2. The highest BCUT2D eigenvalue weighted by molar-refractivity contribution is 5.28. The molecule has 0 spiro atoms. The third-order valence-corrected chi connectivity index (χ3v) is 3.44. The highest BCUT2D eigenvalue weighted by atomic mass is 19.1. The van der Waals surface area contributed by atoms with Gasteiger partial charge in [0.2, 0.25) is 0 Å². The molecular formula is C15H19FN2O. The van der Waals surface area contributed by atoms with E-state index in [1.165, 1.54) is 6.07 Å². The summed E-state index contributed by atoms with van der Waals surface area (Å²) in [6, 6.07) is 6.68. The van der Waals surface area contributed by atoms with Gasteiger partial charge in [-0.1, -0.05) is 25.1 Å². The molecular weight excluding hydrogens is 243 g/mol. The first-order chi connectivity index (χ1) is 9.04. The molecule has 1 aromatic heterocycles. The summed E-state index contributed by atoms with van der Waals surface area (Å²) in [5, 5.41) is 14.4. The molecule has 0 aliphatic carbocycles. The van der Waals surface area contributed by atoms with Gasteiger partial charge in [0.25, 0.3) is 0 Å². The Morgan fingerprint density at radius 2 is 2.00 bits per heavy atom. The summed E-state index contributed by atoms with van der Waals surface area (Å²) in [6.45, 7) is 6.10. The lowest BCUT2D eigenvalue weighted by atomic mass is 10.1. The van der Waals surface area contributed by atoms with Crippen LogP contribution in [-0.2, 0) is 6.54 Å². The molecule has 1 heterocycles. The van der Waals surface area contributed by atoms with E-state index in [-0.39, 0.29) is 5.82 Å². The molecule has 0 aliphatic heterocycles. The van der Waals surface area contributed by atoms with Crippen molar-refractivity contribution in [3.8, 4) is 0 Å². The van der Waals surface area contributed by atoms with Gasteiger partial charge in [0.15, 0.2) is 0 Å². The molecule has 0 amide bonds. The number of aliphatic hydroxyl groups is 1. The first-order valence-electron chi connectivity index (χ1n) is 6.50. The second-order valence-corrected chi connectivity index (χ2v) is 4.76. The van der Waals surface area contributed by atoms with Gasteiger partial charge in [-0.05, 0) is 26.3 Å². The maximum absolute atomic E-state index is 13.6. The maximum atomic E-state index is 13.6. The predicted molar refractivity (Wildman–Crippen MR) is 72.5 cm³/mol. The normalized spacial score (nSPS) is 12.7. The zero-order valence-electron chi connectivity index (χ0n) is 11.5. The Kier molecular flexibility index (Phi) is 4.00. The highest BCUT2D eigenvalue weighted by Crippen LogP contribution is 2.24. The monoisotopic (exact) mass is 262 g/mol. The fraction of sp³-hybridized carbons (Fsp3) is 0.400. The van der Waals surface area contributed by atoms with E-state index in [9.17, 15) is 9.50 Å². The highest BCUT2D eigenvalue weighted by Gasteiger charge is 2.18. The van der Waals surface area contributed by atoms with Crippen molar-refractivity contribution in [2.75, 3.05) is 0 Å². The quantitative estimate of drug-likeness (QED) is 0.919. The van der Waals surface area contributed by atoms with Crippen LogP contribution in [0, 0.1) is 19.7 Å². The molecule has 2 rings (SSSR count). The number of hydrogen-bond donors (Lipinski definition) is 1. The van der Waals surface area contributed by atoms with Gasteiger partial charge in [0.1, 0.15) is 5.82 Å². The molecule has 19 heavy (non-hydrogen) atoms. The maximum Gasteiger partial charge on any atom is 0.128 e. The Balaban J connectivity index is 2.35. The number of hydrogen-bond acceptors (Lipinski definition) is 2. The van der Waals surface area contributed by atoms with Crippen molar-refractivity contribution in [2.24, 2.45) is 0 Å². The lowest BCUT2D eigenvalue weighted by Gasteiger charge is -2.09. The van der Waals surface area contributed by atoms with Crippen LogP contribution in [0.15, 0.2) is 24.3 Å². The van der Waals surface area contributed by atoms with Crippen LogP contribution in [0.1, 0.15) is 42.0 Å². The zero-order chi connectivity index (χ0) is 14.0. The van der Waals surface area contributed by atoms with E-state index in [0.29, 0.717) is 18.5 Å². The third kappa shape index (κ3) is 2.68. The molecule has 0 aliphatic rings. The first-order valence-corrected chi connectivity index (χ1v) is 6.50. The van der Waals surface area contributed by atoms with E-state index >= 15 is 0 Å². The number of aliphatic hydroxyl groups excluding tert-OH is 1. The molecule has 0 saturated heterocycles. The van der Waals surface area contributed by atoms with Gasteiger partial charge >= 0.3 is 0 Å². The molecule has 0 fully saturated rings. The van der Waals surface area contributed by atoms with Crippen molar-refractivity contribution >= 4 is 0 Å². The summed E-state index contributed by atoms with van der Waals surface area (Å²) in [7, 11) is 0. The summed E-state index contributed by atoms with van der Waals surface area (Å²) >= 11 is 0. The van der Waals surface area contributed by atoms with Crippen molar-refractivity contribution in [3.05, 3.63) is 52.6 Å². The molecule has 4 heteroatoms. The van der Waals surface area contributed by atoms with Crippen molar-refractivity contribution in [1.29, 1.82) is 0 Å². The standard InChI is InChI=1S/C15H19FN2O/c1-4-14(19)15-10(2)17-18(11(15)3)9-12-7-5-6-8-13(12)16/h5-8,14,19H,4,9H2,1-3H3. The minimum Gasteiger partial charge on any atom is -0.388 e. The average molecular weight is 262 g/mol. The Morgan fingerprint density at radius 3 is 2.63 bits per heavy atom. The summed E-state index contributed by atoms with van der Waals surface area (Å²) in [5.74, 6) is -0.229. The molecule has 0 bridgehead atoms. The average Bonchev–Trinajstić information content (AvgIpc) is 2.66. The Morgan fingerprint density at radius 1 is 1.32 bits per heavy atom. The van der Waals surface area contributed by atoms with Gasteiger partial charge in [-0.25, -0.2) is 4.39 Å². The van der Waals surface area contributed by atoms with Gasteiger partial charge in [-0.2, -0.15) is 5.10 Å². The van der Waals surface area contributed by atoms with Crippen molar-refractivity contribution in [1.82, 2.24) is 9.78 Å². The van der Waals surface area contributed by atoms with Crippen LogP contribution in [0.2, 0.25) is 0 Å². The van der Waals surface area contributed by atoms with Crippen LogP contribution in [0.5, 0.6) is 0 Å². The van der Waals surface area contributed by atoms with Crippen LogP contribution in [0.3, 0.4) is 0 Å². The minimum atomic E-state index is -0.505. The second-order valence-electron chi connectivity index (χ2n) is 4.76. The van der Waals surface area contributed by atoms with E-state index in [1.807, 2.05) is 26.8 Å². The van der Waals surface area contributed by atoms with E-state index in [0.717, 1.165) is 17.0 Å². The van der Waals surface area contributed by atoms with E-state index in [4.69, 9.17) is 0 Å². The predicted octanol–water partition coefficient (Wildman–Crippen LogP) is 3.13.